The summed E-state index contributed by atoms with van der Waals surface area (Å²) in [6, 6.07) is 13.0. The second kappa shape index (κ2) is 6.89. The average Bonchev–Trinajstić information content (AvgIpc) is 3.17. The highest BCUT2D eigenvalue weighted by Crippen LogP contribution is 2.24. The van der Waals surface area contributed by atoms with Crippen LogP contribution in [0.15, 0.2) is 60.2 Å². The normalized spacial score (nSPS) is 14.2. The van der Waals surface area contributed by atoms with Crippen LogP contribution in [0.2, 0.25) is 0 Å². The molecule has 3 heterocycles. The van der Waals surface area contributed by atoms with Crippen molar-refractivity contribution in [1.82, 2.24) is 4.98 Å². The molecule has 0 spiro atoms. The van der Waals surface area contributed by atoms with E-state index in [1.807, 2.05) is 47.8 Å². The summed E-state index contributed by atoms with van der Waals surface area (Å²) >= 11 is 1.40. The molecule has 2 amide bonds. The second-order valence-corrected chi connectivity index (χ2v) is 6.59. The van der Waals surface area contributed by atoms with Crippen LogP contribution in [0.4, 0.5) is 10.8 Å². The van der Waals surface area contributed by atoms with Crippen LogP contribution in [0.3, 0.4) is 0 Å². The van der Waals surface area contributed by atoms with Gasteiger partial charge in [-0.05, 0) is 23.8 Å². The molecule has 3 aromatic rings. The van der Waals surface area contributed by atoms with Crippen LogP contribution in [0, 0.1) is 0 Å². The van der Waals surface area contributed by atoms with Crippen LogP contribution in [-0.4, -0.2) is 16.8 Å². The smallest absolute Gasteiger partial charge is 0.326 e. The van der Waals surface area contributed by atoms with Crippen molar-refractivity contribution in [1.29, 1.82) is 0 Å². The minimum absolute atomic E-state index is 0.135. The predicted octanol–water partition coefficient (Wildman–Crippen LogP) is 2.56. The largest absolute Gasteiger partial charge is 0.379 e. The van der Waals surface area contributed by atoms with Gasteiger partial charge in [0.2, 0.25) is 11.6 Å². The van der Waals surface area contributed by atoms with Crippen molar-refractivity contribution < 1.29 is 14.2 Å². The Bertz CT molecular complexity index is 997. The minimum atomic E-state index is -0.189. The van der Waals surface area contributed by atoms with Crippen LogP contribution in [0.1, 0.15) is 11.3 Å². The Balaban J connectivity index is 1.60. The van der Waals surface area contributed by atoms with Crippen molar-refractivity contribution in [2.45, 2.75) is 6.42 Å². The molecule has 0 atom stereocenters. The molecule has 0 aliphatic carbocycles. The van der Waals surface area contributed by atoms with Crippen molar-refractivity contribution >= 4 is 45.7 Å². The van der Waals surface area contributed by atoms with E-state index in [0.29, 0.717) is 10.8 Å². The lowest BCUT2D eigenvalue weighted by atomic mass is 10.2. The summed E-state index contributed by atoms with van der Waals surface area (Å²) in [5.74, 6) is -0.324. The monoisotopic (exact) mass is 363 g/mol. The van der Waals surface area contributed by atoms with Gasteiger partial charge in [-0.1, -0.05) is 35.6 Å². The lowest BCUT2D eigenvalue weighted by Crippen LogP contribution is -2.35. The summed E-state index contributed by atoms with van der Waals surface area (Å²) in [6.07, 6.45) is 5.31. The molecule has 0 bridgehead atoms. The highest BCUT2D eigenvalue weighted by molar-refractivity contribution is 7.13. The van der Waals surface area contributed by atoms with Gasteiger partial charge in [0.25, 0.3) is 0 Å². The van der Waals surface area contributed by atoms with E-state index in [1.165, 1.54) is 11.3 Å². The highest BCUT2D eigenvalue weighted by Gasteiger charge is 2.37. The molecule has 0 saturated carbocycles. The van der Waals surface area contributed by atoms with Gasteiger partial charge < -0.3 is 5.32 Å². The lowest BCUT2D eigenvalue weighted by Gasteiger charge is -2.04. The van der Waals surface area contributed by atoms with Crippen LogP contribution in [0.25, 0.3) is 11.8 Å². The quantitative estimate of drug-likeness (QED) is 0.553. The van der Waals surface area contributed by atoms with Crippen molar-refractivity contribution in [2.24, 2.45) is 0 Å². The SMILES string of the molecule is O=C(Cc1csc2[n+]1/C(=C\c1cccnc1)C(=O)N2)Nc1ccccc1. The molecule has 2 N–H and O–H groups in total. The second-order valence-electron chi connectivity index (χ2n) is 5.73. The molecule has 0 radical (unpaired) electrons. The van der Waals surface area contributed by atoms with E-state index >= 15 is 0 Å². The van der Waals surface area contributed by atoms with Crippen molar-refractivity contribution in [2.75, 3.05) is 10.6 Å². The predicted molar refractivity (Wildman–Crippen MR) is 100 cm³/mol. The number of thiazole rings is 1. The zero-order valence-corrected chi connectivity index (χ0v) is 14.5. The fraction of sp³-hybridized carbons (Fsp3) is 0.0526. The number of hydrogen-bond donors (Lipinski definition) is 2. The number of fused-ring (bicyclic) bond motifs is 1. The third kappa shape index (κ3) is 3.25. The maximum atomic E-state index is 12.4. The van der Waals surface area contributed by atoms with E-state index in [2.05, 4.69) is 15.6 Å². The van der Waals surface area contributed by atoms with Crippen molar-refractivity contribution in [3.8, 4) is 0 Å². The van der Waals surface area contributed by atoms with E-state index in [4.69, 9.17) is 0 Å². The third-order valence-corrected chi connectivity index (χ3v) is 4.78. The van der Waals surface area contributed by atoms with E-state index in [0.717, 1.165) is 16.9 Å². The van der Waals surface area contributed by atoms with Crippen molar-refractivity contribution in [3.05, 3.63) is 71.5 Å². The Hall–Kier alpha value is -3.32. The maximum absolute atomic E-state index is 12.4. The Kier molecular flexibility index (Phi) is 4.28. The molecule has 6 nitrogen and oxygen atoms in total. The first kappa shape index (κ1) is 16.2. The summed E-state index contributed by atoms with van der Waals surface area (Å²) in [5, 5.41) is 8.28. The Morgan fingerprint density at radius 1 is 1.23 bits per heavy atom. The zero-order valence-electron chi connectivity index (χ0n) is 13.7. The van der Waals surface area contributed by atoms with Gasteiger partial charge in [-0.2, -0.15) is 9.88 Å². The maximum Gasteiger partial charge on any atom is 0.379 e. The zero-order chi connectivity index (χ0) is 17.9. The number of amides is 2. The van der Waals surface area contributed by atoms with Gasteiger partial charge in [0.1, 0.15) is 5.69 Å². The number of rotatable bonds is 4. The summed E-state index contributed by atoms with van der Waals surface area (Å²) in [4.78, 5) is 28.7. The fourth-order valence-electron chi connectivity index (χ4n) is 2.73. The molecule has 2 aromatic heterocycles. The van der Waals surface area contributed by atoms with E-state index in [9.17, 15) is 9.59 Å². The number of hydrogen-bond acceptors (Lipinski definition) is 4. The van der Waals surface area contributed by atoms with Crippen LogP contribution in [-0.2, 0) is 16.0 Å². The fourth-order valence-corrected chi connectivity index (χ4v) is 3.64. The number of carbonyl (C=O) groups is 2. The number of pyridine rings is 1. The summed E-state index contributed by atoms with van der Waals surface area (Å²) in [7, 11) is 0. The Labute approximate surface area is 153 Å². The van der Waals surface area contributed by atoms with Crippen LogP contribution >= 0.6 is 11.3 Å². The number of carbonyl (C=O) groups excluding carboxylic acids is 2. The molecule has 26 heavy (non-hydrogen) atoms. The third-order valence-electron chi connectivity index (χ3n) is 3.88. The minimum Gasteiger partial charge on any atom is -0.326 e. The van der Waals surface area contributed by atoms with Gasteiger partial charge in [-0.3, -0.25) is 9.78 Å². The van der Waals surface area contributed by atoms with Gasteiger partial charge >= 0.3 is 11.0 Å². The number of aromatic nitrogens is 2. The summed E-state index contributed by atoms with van der Waals surface area (Å²) in [5.41, 5.74) is 2.81. The first-order chi connectivity index (χ1) is 12.7. The molecule has 1 aliphatic heterocycles. The summed E-state index contributed by atoms with van der Waals surface area (Å²) in [6.45, 7) is 0. The number of benzene rings is 1. The Morgan fingerprint density at radius 2 is 2.08 bits per heavy atom. The van der Waals surface area contributed by atoms with Gasteiger partial charge in [-0.25, -0.2) is 4.79 Å². The molecule has 0 fully saturated rings. The molecule has 1 aliphatic rings. The number of anilines is 2. The van der Waals surface area contributed by atoms with Gasteiger partial charge in [0, 0.05) is 29.5 Å². The lowest BCUT2D eigenvalue weighted by molar-refractivity contribution is -0.559. The van der Waals surface area contributed by atoms with Crippen LogP contribution < -0.4 is 15.2 Å². The van der Waals surface area contributed by atoms with Gasteiger partial charge in [0.05, 0.1) is 6.42 Å². The molecule has 0 unspecified atom stereocenters. The molecular formula is C19H15N4O2S+. The summed E-state index contributed by atoms with van der Waals surface area (Å²) < 4.78 is 1.80. The van der Waals surface area contributed by atoms with Gasteiger partial charge in [0.15, 0.2) is 0 Å². The Morgan fingerprint density at radius 3 is 2.85 bits per heavy atom. The van der Waals surface area contributed by atoms with Gasteiger partial charge in [-0.15, -0.1) is 0 Å². The highest BCUT2D eigenvalue weighted by atomic mass is 32.1. The standard InChI is InChI=1S/C19H14N4O2S/c24-17(21-14-6-2-1-3-7-14)10-15-12-26-19-22-18(25)16(23(15)19)9-13-5-4-8-20-11-13/h1-9,11-12H,10H2,(H,21,24)/p+1/b16-9-. The number of para-hydroxylation sites is 1. The first-order valence-electron chi connectivity index (χ1n) is 8.01. The molecule has 4 rings (SSSR count). The van der Waals surface area contributed by atoms with E-state index in [-0.39, 0.29) is 18.2 Å². The average molecular weight is 363 g/mol. The van der Waals surface area contributed by atoms with Crippen molar-refractivity contribution in [3.63, 3.8) is 0 Å². The molecular weight excluding hydrogens is 348 g/mol. The van der Waals surface area contributed by atoms with Crippen LogP contribution in [0.5, 0.6) is 0 Å². The van der Waals surface area contributed by atoms with E-state index < -0.39 is 0 Å². The molecule has 0 saturated heterocycles. The molecule has 1 aromatic carbocycles. The van der Waals surface area contributed by atoms with E-state index in [1.54, 1.807) is 23.0 Å². The molecule has 128 valence electrons. The topological polar surface area (TPSA) is 75.0 Å². The number of nitrogens with one attached hydrogen (secondary N) is 2. The first-order valence-corrected chi connectivity index (χ1v) is 8.89. The number of nitrogens with zero attached hydrogens (tertiary/aromatic N) is 2. The molecule has 7 heteroatoms.